The first kappa shape index (κ1) is 14.2. The number of furan rings is 1. The molecule has 1 heterocycles. The Balaban J connectivity index is 2.09. The molecule has 0 radical (unpaired) electrons. The Morgan fingerprint density at radius 2 is 1.85 bits per heavy atom. The van der Waals surface area contributed by atoms with E-state index in [1.165, 1.54) is 29.6 Å². The molecule has 2 aromatic rings. The number of carbonyl (C=O) groups excluding carboxylic acids is 1. The maximum absolute atomic E-state index is 12.4. The van der Waals surface area contributed by atoms with Gasteiger partial charge in [-0.1, -0.05) is 0 Å². The smallest absolute Gasteiger partial charge is 0.416 e. The molecule has 2 rings (SSSR count). The zero-order chi connectivity index (χ0) is 14.8. The van der Waals surface area contributed by atoms with Crippen molar-refractivity contribution in [2.75, 3.05) is 7.05 Å². The van der Waals surface area contributed by atoms with Crippen LogP contribution in [0.1, 0.15) is 21.5 Å². The van der Waals surface area contributed by atoms with Crippen LogP contribution in [0.15, 0.2) is 47.3 Å². The Hall–Kier alpha value is -2.24. The van der Waals surface area contributed by atoms with Gasteiger partial charge in [0.1, 0.15) is 0 Å². The number of halogens is 3. The Kier molecular flexibility index (Phi) is 3.83. The van der Waals surface area contributed by atoms with Crippen LogP contribution >= 0.6 is 0 Å². The van der Waals surface area contributed by atoms with Gasteiger partial charge in [-0.05, 0) is 30.3 Å². The van der Waals surface area contributed by atoms with E-state index in [2.05, 4.69) is 0 Å². The van der Waals surface area contributed by atoms with Crippen molar-refractivity contribution in [3.63, 3.8) is 0 Å². The topological polar surface area (TPSA) is 33.5 Å². The molecule has 0 fully saturated rings. The number of hydrogen-bond acceptors (Lipinski definition) is 2. The average molecular weight is 283 g/mol. The number of hydrogen-bond donors (Lipinski definition) is 0. The molecule has 0 atom stereocenters. The number of nitrogens with zero attached hydrogens (tertiary/aromatic N) is 1. The fraction of sp³-hybridized carbons (Fsp3) is 0.214. The summed E-state index contributed by atoms with van der Waals surface area (Å²) in [4.78, 5) is 13.5. The van der Waals surface area contributed by atoms with Crippen molar-refractivity contribution in [2.45, 2.75) is 12.7 Å². The van der Waals surface area contributed by atoms with Crippen molar-refractivity contribution in [1.82, 2.24) is 4.90 Å². The summed E-state index contributed by atoms with van der Waals surface area (Å²) in [6.07, 6.45) is -1.40. The SMILES string of the molecule is CN(Cc1ccoc1)C(=O)c1ccc(C(F)(F)F)cc1. The second kappa shape index (κ2) is 5.40. The van der Waals surface area contributed by atoms with E-state index in [0.717, 1.165) is 17.7 Å². The molecular formula is C14H12F3NO2. The molecule has 0 saturated heterocycles. The Morgan fingerprint density at radius 3 is 2.35 bits per heavy atom. The summed E-state index contributed by atoms with van der Waals surface area (Å²) in [5.74, 6) is -0.347. The normalized spacial score (nSPS) is 11.4. The third kappa shape index (κ3) is 3.20. The summed E-state index contributed by atoms with van der Waals surface area (Å²) in [6.45, 7) is 0.330. The highest BCUT2D eigenvalue weighted by atomic mass is 19.4. The fourth-order valence-electron chi connectivity index (χ4n) is 1.75. The predicted octanol–water partition coefficient (Wildman–Crippen LogP) is 3.57. The van der Waals surface area contributed by atoms with Crippen molar-refractivity contribution < 1.29 is 22.4 Å². The van der Waals surface area contributed by atoms with Gasteiger partial charge in [-0.15, -0.1) is 0 Å². The van der Waals surface area contributed by atoms with Gasteiger partial charge in [0.05, 0.1) is 18.1 Å². The molecule has 3 nitrogen and oxygen atoms in total. The van der Waals surface area contributed by atoms with Crippen LogP contribution in [0.25, 0.3) is 0 Å². The lowest BCUT2D eigenvalue weighted by Crippen LogP contribution is -2.26. The van der Waals surface area contributed by atoms with Crippen molar-refractivity contribution in [3.05, 3.63) is 59.5 Å². The highest BCUT2D eigenvalue weighted by molar-refractivity contribution is 5.94. The third-order valence-corrected chi connectivity index (χ3v) is 2.81. The minimum atomic E-state index is -4.40. The molecule has 0 bridgehead atoms. The van der Waals surface area contributed by atoms with Crippen molar-refractivity contribution in [3.8, 4) is 0 Å². The van der Waals surface area contributed by atoms with Crippen LogP contribution in [-0.4, -0.2) is 17.9 Å². The highest BCUT2D eigenvalue weighted by Crippen LogP contribution is 2.29. The van der Waals surface area contributed by atoms with Gasteiger partial charge in [0.15, 0.2) is 0 Å². The van der Waals surface area contributed by atoms with Gasteiger partial charge in [-0.25, -0.2) is 0 Å². The van der Waals surface area contributed by atoms with Crippen molar-refractivity contribution >= 4 is 5.91 Å². The fourth-order valence-corrected chi connectivity index (χ4v) is 1.75. The first-order chi connectivity index (χ1) is 9.38. The van der Waals surface area contributed by atoms with Crippen LogP contribution in [0.2, 0.25) is 0 Å². The average Bonchev–Trinajstić information content (AvgIpc) is 2.90. The maximum Gasteiger partial charge on any atom is 0.416 e. The lowest BCUT2D eigenvalue weighted by Gasteiger charge is -2.16. The number of carbonyl (C=O) groups is 1. The highest BCUT2D eigenvalue weighted by Gasteiger charge is 2.30. The second-order valence-corrected chi connectivity index (χ2v) is 4.37. The van der Waals surface area contributed by atoms with E-state index in [-0.39, 0.29) is 11.5 Å². The van der Waals surface area contributed by atoms with Crippen LogP contribution in [-0.2, 0) is 12.7 Å². The molecule has 1 aromatic carbocycles. The van der Waals surface area contributed by atoms with E-state index in [1.54, 1.807) is 13.1 Å². The van der Waals surface area contributed by atoms with Crippen LogP contribution < -0.4 is 0 Å². The van der Waals surface area contributed by atoms with E-state index in [0.29, 0.717) is 6.54 Å². The van der Waals surface area contributed by atoms with Crippen LogP contribution in [0.4, 0.5) is 13.2 Å². The molecule has 0 unspecified atom stereocenters. The van der Waals surface area contributed by atoms with Gasteiger partial charge in [-0.2, -0.15) is 13.2 Å². The van der Waals surface area contributed by atoms with Gasteiger partial charge in [0.2, 0.25) is 0 Å². The second-order valence-electron chi connectivity index (χ2n) is 4.37. The van der Waals surface area contributed by atoms with E-state index in [4.69, 9.17) is 4.42 Å². The molecule has 6 heteroatoms. The Bertz CT molecular complexity index is 573. The number of rotatable bonds is 3. The predicted molar refractivity (Wildman–Crippen MR) is 65.9 cm³/mol. The van der Waals surface area contributed by atoms with Gasteiger partial charge >= 0.3 is 6.18 Å². The summed E-state index contributed by atoms with van der Waals surface area (Å²) in [7, 11) is 1.58. The van der Waals surface area contributed by atoms with E-state index in [9.17, 15) is 18.0 Å². The lowest BCUT2D eigenvalue weighted by atomic mass is 10.1. The van der Waals surface area contributed by atoms with E-state index in [1.807, 2.05) is 0 Å². The summed E-state index contributed by atoms with van der Waals surface area (Å²) in [5, 5.41) is 0. The molecular weight excluding hydrogens is 271 g/mol. The van der Waals surface area contributed by atoms with E-state index >= 15 is 0 Å². The van der Waals surface area contributed by atoms with Crippen molar-refractivity contribution in [1.29, 1.82) is 0 Å². The van der Waals surface area contributed by atoms with Gasteiger partial charge < -0.3 is 9.32 Å². The monoisotopic (exact) mass is 283 g/mol. The summed E-state index contributed by atoms with van der Waals surface area (Å²) >= 11 is 0. The molecule has 20 heavy (non-hydrogen) atoms. The summed E-state index contributed by atoms with van der Waals surface area (Å²) in [6, 6.07) is 5.88. The maximum atomic E-state index is 12.4. The lowest BCUT2D eigenvalue weighted by molar-refractivity contribution is -0.137. The summed E-state index contributed by atoms with van der Waals surface area (Å²) in [5.41, 5.74) is 0.253. The van der Waals surface area contributed by atoms with Crippen molar-refractivity contribution in [2.24, 2.45) is 0 Å². The van der Waals surface area contributed by atoms with Gasteiger partial charge in [0, 0.05) is 24.7 Å². The molecule has 106 valence electrons. The molecule has 1 amide bonds. The number of amides is 1. The Morgan fingerprint density at radius 1 is 1.20 bits per heavy atom. The first-order valence-corrected chi connectivity index (χ1v) is 5.82. The number of alkyl halides is 3. The molecule has 0 saturated carbocycles. The van der Waals surface area contributed by atoms with Crippen LogP contribution in [0.3, 0.4) is 0 Å². The minimum Gasteiger partial charge on any atom is -0.472 e. The molecule has 0 aliphatic heterocycles. The van der Waals surface area contributed by atoms with E-state index < -0.39 is 11.7 Å². The third-order valence-electron chi connectivity index (χ3n) is 2.81. The zero-order valence-electron chi connectivity index (χ0n) is 10.6. The first-order valence-electron chi connectivity index (χ1n) is 5.82. The number of benzene rings is 1. The molecule has 0 N–H and O–H groups in total. The van der Waals surface area contributed by atoms with Gasteiger partial charge in [0.25, 0.3) is 5.91 Å². The molecule has 0 aliphatic rings. The summed E-state index contributed by atoms with van der Waals surface area (Å²) < 4.78 is 42.2. The standard InChI is InChI=1S/C14H12F3NO2/c1-18(8-10-6-7-20-9-10)13(19)11-2-4-12(5-3-11)14(15,16)17/h2-7,9H,8H2,1H3. The quantitative estimate of drug-likeness (QED) is 0.862. The Labute approximate surface area is 113 Å². The van der Waals surface area contributed by atoms with Crippen LogP contribution in [0, 0.1) is 0 Å². The zero-order valence-corrected chi connectivity index (χ0v) is 10.6. The van der Waals surface area contributed by atoms with Crippen LogP contribution in [0.5, 0.6) is 0 Å². The minimum absolute atomic E-state index is 0.212. The van der Waals surface area contributed by atoms with Gasteiger partial charge in [-0.3, -0.25) is 4.79 Å². The largest absolute Gasteiger partial charge is 0.472 e. The molecule has 1 aromatic heterocycles. The molecule has 0 spiro atoms. The molecule has 0 aliphatic carbocycles.